The van der Waals surface area contributed by atoms with E-state index in [1.54, 1.807) is 45.3 Å². The fourth-order valence-corrected chi connectivity index (χ4v) is 5.32. The molecule has 200 valence electrons. The van der Waals surface area contributed by atoms with Gasteiger partial charge in [0.15, 0.2) is 0 Å². The lowest BCUT2D eigenvalue weighted by Gasteiger charge is -2.36. The molecule has 1 aliphatic heterocycles. The monoisotopic (exact) mass is 508 g/mol. The summed E-state index contributed by atoms with van der Waals surface area (Å²) >= 11 is 0. The number of likely N-dealkylation sites (tertiary alicyclic amines) is 1. The lowest BCUT2D eigenvalue weighted by atomic mass is 9.83. The van der Waals surface area contributed by atoms with Crippen molar-refractivity contribution in [3.8, 4) is 6.07 Å². The smallest absolute Gasteiger partial charge is 0.243 e. The van der Waals surface area contributed by atoms with Crippen LogP contribution >= 0.6 is 0 Å². The molecule has 1 saturated carbocycles. The standard InChI is InChI=1S/C28H40N6O3/c1-19(30)34-15-13-23(14-16-34)31-27(36)25(22-7-5-4-6-8-22)32-26(35)24(28(37)33(2)3)17-20-9-11-21(18-29)12-10-20/h9-12,22-25,30H,4-8,13-17H2,1-3H3,(H,31,36)(H,32,35)/t24?,25-/m0/s1. The predicted molar refractivity (Wildman–Crippen MR) is 142 cm³/mol. The third-order valence-corrected chi connectivity index (χ3v) is 7.60. The van der Waals surface area contributed by atoms with Gasteiger partial charge in [-0.15, -0.1) is 0 Å². The molecule has 1 aromatic carbocycles. The van der Waals surface area contributed by atoms with Gasteiger partial charge in [-0.25, -0.2) is 0 Å². The average molecular weight is 509 g/mol. The van der Waals surface area contributed by atoms with Crippen molar-refractivity contribution < 1.29 is 14.4 Å². The second-order valence-corrected chi connectivity index (χ2v) is 10.5. The van der Waals surface area contributed by atoms with E-state index in [-0.39, 0.29) is 30.2 Å². The van der Waals surface area contributed by atoms with Gasteiger partial charge in [-0.1, -0.05) is 31.4 Å². The molecule has 1 aromatic rings. The van der Waals surface area contributed by atoms with Crippen LogP contribution in [-0.2, 0) is 20.8 Å². The molecule has 1 saturated heterocycles. The van der Waals surface area contributed by atoms with Crippen molar-refractivity contribution in [2.45, 2.75) is 70.4 Å². The van der Waals surface area contributed by atoms with Gasteiger partial charge in [0.1, 0.15) is 12.0 Å². The van der Waals surface area contributed by atoms with Crippen LogP contribution in [0.5, 0.6) is 0 Å². The van der Waals surface area contributed by atoms with E-state index in [0.29, 0.717) is 11.4 Å². The van der Waals surface area contributed by atoms with Crippen LogP contribution < -0.4 is 10.6 Å². The number of hydrogen-bond acceptors (Lipinski definition) is 5. The molecule has 9 nitrogen and oxygen atoms in total. The molecule has 1 heterocycles. The maximum Gasteiger partial charge on any atom is 0.243 e. The zero-order valence-corrected chi connectivity index (χ0v) is 22.3. The van der Waals surface area contributed by atoms with Crippen molar-refractivity contribution >= 4 is 23.6 Å². The van der Waals surface area contributed by atoms with Crippen LogP contribution in [0.25, 0.3) is 0 Å². The van der Waals surface area contributed by atoms with Gasteiger partial charge in [0.25, 0.3) is 0 Å². The molecule has 9 heteroatoms. The van der Waals surface area contributed by atoms with Crippen LogP contribution in [0, 0.1) is 28.6 Å². The second-order valence-electron chi connectivity index (χ2n) is 10.5. The van der Waals surface area contributed by atoms with Gasteiger partial charge in [-0.05, 0) is 62.6 Å². The third-order valence-electron chi connectivity index (χ3n) is 7.60. The molecule has 2 aliphatic rings. The van der Waals surface area contributed by atoms with Gasteiger partial charge in [-0.2, -0.15) is 5.26 Å². The largest absolute Gasteiger partial charge is 0.361 e. The number of nitriles is 1. The van der Waals surface area contributed by atoms with E-state index in [9.17, 15) is 14.4 Å². The van der Waals surface area contributed by atoms with Gasteiger partial charge in [0.2, 0.25) is 17.7 Å². The number of piperidine rings is 1. The number of carbonyl (C=O) groups excluding carboxylic acids is 3. The van der Waals surface area contributed by atoms with Crippen molar-refractivity contribution in [1.29, 1.82) is 10.7 Å². The lowest BCUT2D eigenvalue weighted by molar-refractivity contribution is -0.142. The Hall–Kier alpha value is -3.41. The maximum absolute atomic E-state index is 13.6. The molecule has 0 spiro atoms. The fourth-order valence-electron chi connectivity index (χ4n) is 5.32. The van der Waals surface area contributed by atoms with Crippen LogP contribution in [0.15, 0.2) is 24.3 Å². The molecule has 37 heavy (non-hydrogen) atoms. The Bertz CT molecular complexity index is 1000. The van der Waals surface area contributed by atoms with Crippen molar-refractivity contribution in [2.24, 2.45) is 11.8 Å². The molecule has 3 N–H and O–H groups in total. The molecular weight excluding hydrogens is 468 g/mol. The Balaban J connectivity index is 1.74. The highest BCUT2D eigenvalue weighted by molar-refractivity contribution is 6.02. The van der Waals surface area contributed by atoms with E-state index < -0.39 is 17.9 Å². The van der Waals surface area contributed by atoms with E-state index in [1.807, 2.05) is 4.90 Å². The molecule has 0 aromatic heterocycles. The van der Waals surface area contributed by atoms with E-state index in [4.69, 9.17) is 10.7 Å². The first-order chi connectivity index (χ1) is 17.7. The molecule has 0 radical (unpaired) electrons. The number of amidine groups is 1. The van der Waals surface area contributed by atoms with Crippen molar-refractivity contribution in [1.82, 2.24) is 20.4 Å². The first kappa shape index (κ1) is 28.2. The Morgan fingerprint density at radius 3 is 2.22 bits per heavy atom. The normalized spacial score (nSPS) is 18.3. The third kappa shape index (κ3) is 7.78. The van der Waals surface area contributed by atoms with Gasteiger partial charge in [0, 0.05) is 33.2 Å². The van der Waals surface area contributed by atoms with Crippen LogP contribution in [0.3, 0.4) is 0 Å². The van der Waals surface area contributed by atoms with Crippen LogP contribution in [-0.4, -0.2) is 72.6 Å². The summed E-state index contributed by atoms with van der Waals surface area (Å²) in [5.41, 5.74) is 1.29. The highest BCUT2D eigenvalue weighted by Gasteiger charge is 2.36. The number of nitrogens with one attached hydrogen (secondary N) is 3. The number of carbonyl (C=O) groups is 3. The van der Waals surface area contributed by atoms with Crippen molar-refractivity contribution in [3.63, 3.8) is 0 Å². The number of rotatable bonds is 8. The van der Waals surface area contributed by atoms with E-state index in [1.165, 1.54) is 4.90 Å². The summed E-state index contributed by atoms with van der Waals surface area (Å²) in [4.78, 5) is 43.5. The highest BCUT2D eigenvalue weighted by atomic mass is 16.2. The molecule has 1 aliphatic carbocycles. The molecule has 3 amide bonds. The van der Waals surface area contributed by atoms with Crippen molar-refractivity contribution in [3.05, 3.63) is 35.4 Å². The topological polar surface area (TPSA) is 129 Å². The minimum atomic E-state index is -0.972. The van der Waals surface area contributed by atoms with Crippen LogP contribution in [0.2, 0.25) is 0 Å². The summed E-state index contributed by atoms with van der Waals surface area (Å²) in [6.07, 6.45) is 6.60. The van der Waals surface area contributed by atoms with Gasteiger partial charge in [-0.3, -0.25) is 19.8 Å². The summed E-state index contributed by atoms with van der Waals surface area (Å²) < 4.78 is 0. The van der Waals surface area contributed by atoms with Crippen LogP contribution in [0.1, 0.15) is 63.0 Å². The molecular formula is C28H40N6O3. The summed E-state index contributed by atoms with van der Waals surface area (Å²) in [6.45, 7) is 3.23. The molecule has 1 unspecified atom stereocenters. The lowest BCUT2D eigenvalue weighted by Crippen LogP contribution is -2.57. The van der Waals surface area contributed by atoms with E-state index in [0.717, 1.165) is 63.6 Å². The minimum absolute atomic E-state index is 0.00365. The molecule has 2 atom stereocenters. The number of nitrogens with zero attached hydrogens (tertiary/aromatic N) is 3. The van der Waals surface area contributed by atoms with Gasteiger partial charge in [0.05, 0.1) is 17.5 Å². The quantitative estimate of drug-likeness (QED) is 0.282. The Kier molecular flexibility index (Phi) is 10.1. The zero-order valence-electron chi connectivity index (χ0n) is 22.3. The maximum atomic E-state index is 13.6. The van der Waals surface area contributed by atoms with Crippen molar-refractivity contribution in [2.75, 3.05) is 27.2 Å². The minimum Gasteiger partial charge on any atom is -0.361 e. The summed E-state index contributed by atoms with van der Waals surface area (Å²) in [6, 6.07) is 8.26. The number of hydrogen-bond donors (Lipinski definition) is 3. The summed E-state index contributed by atoms with van der Waals surface area (Å²) in [7, 11) is 3.24. The first-order valence-corrected chi connectivity index (χ1v) is 13.3. The zero-order chi connectivity index (χ0) is 26.9. The first-order valence-electron chi connectivity index (χ1n) is 13.3. The molecule has 2 fully saturated rings. The Labute approximate surface area is 220 Å². The van der Waals surface area contributed by atoms with E-state index in [2.05, 4.69) is 16.7 Å². The number of amides is 3. The number of benzene rings is 1. The summed E-state index contributed by atoms with van der Waals surface area (Å²) in [5.74, 6) is -1.34. The fraction of sp³-hybridized carbons (Fsp3) is 0.607. The SMILES string of the molecule is CC(=N)N1CCC(NC(=O)[C@@H](NC(=O)C(Cc2ccc(C#N)cc2)C(=O)N(C)C)C2CCCCC2)CC1. The second kappa shape index (κ2) is 13.2. The van der Waals surface area contributed by atoms with E-state index >= 15 is 0 Å². The molecule has 3 rings (SSSR count). The Morgan fingerprint density at radius 2 is 1.68 bits per heavy atom. The van der Waals surface area contributed by atoms with Gasteiger partial charge >= 0.3 is 0 Å². The van der Waals surface area contributed by atoms with Crippen LogP contribution in [0.4, 0.5) is 0 Å². The summed E-state index contributed by atoms with van der Waals surface area (Å²) in [5, 5.41) is 23.0. The Morgan fingerprint density at radius 1 is 1.05 bits per heavy atom. The highest BCUT2D eigenvalue weighted by Crippen LogP contribution is 2.27. The average Bonchev–Trinajstić information content (AvgIpc) is 2.90. The predicted octanol–water partition coefficient (Wildman–Crippen LogP) is 2.45. The van der Waals surface area contributed by atoms with Gasteiger partial charge < -0.3 is 20.4 Å². The molecule has 0 bridgehead atoms.